The molecule has 0 radical (unpaired) electrons. The number of ether oxygens (including phenoxy) is 1. The first-order valence-electron chi connectivity index (χ1n) is 8.70. The number of hydrogen-bond donors (Lipinski definition) is 1. The van der Waals surface area contributed by atoms with E-state index in [0.717, 1.165) is 32.7 Å². The van der Waals surface area contributed by atoms with Gasteiger partial charge in [-0.3, -0.25) is 4.79 Å². The minimum Gasteiger partial charge on any atom is -0.481 e. The molecule has 1 heterocycles. The maximum atomic E-state index is 12.6. The maximum Gasteiger partial charge on any atom is 0.263 e. The van der Waals surface area contributed by atoms with Gasteiger partial charge in [0.05, 0.1) is 26.2 Å². The quantitative estimate of drug-likeness (QED) is 0.886. The summed E-state index contributed by atoms with van der Waals surface area (Å²) < 4.78 is 5.75. The summed E-state index contributed by atoms with van der Waals surface area (Å²) >= 11 is 5.96. The molecule has 0 bridgehead atoms. The molecule has 1 aliphatic rings. The van der Waals surface area contributed by atoms with Crippen LogP contribution >= 0.6 is 11.6 Å². The van der Waals surface area contributed by atoms with E-state index >= 15 is 0 Å². The third-order valence-corrected chi connectivity index (χ3v) is 4.77. The number of nitrogens with zero attached hydrogens (tertiary/aromatic N) is 1. The molecule has 0 spiro atoms. The highest BCUT2D eigenvalue weighted by atomic mass is 35.5. The fraction of sp³-hybridized carbons (Fsp3) is 0.350. The van der Waals surface area contributed by atoms with Crippen LogP contribution in [0.25, 0.3) is 0 Å². The van der Waals surface area contributed by atoms with E-state index in [0.29, 0.717) is 10.8 Å². The van der Waals surface area contributed by atoms with Crippen LogP contribution < -0.4 is 9.64 Å². The predicted octanol–water partition coefficient (Wildman–Crippen LogP) is 2.03. The molecule has 0 aliphatic carbocycles. The summed E-state index contributed by atoms with van der Waals surface area (Å²) in [4.78, 5) is 16.0. The Balaban J connectivity index is 1.49. The van der Waals surface area contributed by atoms with Crippen LogP contribution in [0.3, 0.4) is 0 Å². The second-order valence-electron chi connectivity index (χ2n) is 6.46. The van der Waals surface area contributed by atoms with Crippen molar-refractivity contribution in [2.75, 3.05) is 26.2 Å². The summed E-state index contributed by atoms with van der Waals surface area (Å²) in [5.41, 5.74) is 1.34. The van der Waals surface area contributed by atoms with Gasteiger partial charge in [-0.25, -0.2) is 0 Å². The van der Waals surface area contributed by atoms with E-state index in [-0.39, 0.29) is 5.91 Å². The molecule has 1 atom stereocenters. The molecular weight excluding hydrogens is 336 g/mol. The standard InChI is InChI=1S/C20H23ClN2O2/c1-16(25-19-9-5-8-18(21)14-19)20(24)23-12-10-22(11-13-23)15-17-6-3-2-4-7-17/h2-9,14,16H,10-13,15H2,1H3/p+1. The lowest BCUT2D eigenvalue weighted by Crippen LogP contribution is -3.13. The van der Waals surface area contributed by atoms with Crippen molar-refractivity contribution < 1.29 is 14.4 Å². The summed E-state index contributed by atoms with van der Waals surface area (Å²) in [7, 11) is 0. The van der Waals surface area contributed by atoms with Crippen molar-refractivity contribution in [1.29, 1.82) is 0 Å². The highest BCUT2D eigenvalue weighted by Gasteiger charge is 2.27. The molecule has 2 aromatic carbocycles. The van der Waals surface area contributed by atoms with Gasteiger partial charge in [0.2, 0.25) is 0 Å². The number of halogens is 1. The summed E-state index contributed by atoms with van der Waals surface area (Å²) in [6.07, 6.45) is -0.505. The Labute approximate surface area is 154 Å². The number of quaternary nitrogens is 1. The third kappa shape index (κ3) is 4.97. The Hall–Kier alpha value is -2.04. The number of amides is 1. The van der Waals surface area contributed by atoms with Crippen LogP contribution in [0, 0.1) is 0 Å². The normalized spacial score (nSPS) is 16.5. The first-order chi connectivity index (χ1) is 12.1. The molecule has 0 saturated carbocycles. The van der Waals surface area contributed by atoms with E-state index < -0.39 is 6.10 Å². The summed E-state index contributed by atoms with van der Waals surface area (Å²) in [6, 6.07) is 17.7. The first-order valence-corrected chi connectivity index (χ1v) is 9.08. The number of carbonyl (C=O) groups excluding carboxylic acids is 1. The zero-order valence-electron chi connectivity index (χ0n) is 14.5. The van der Waals surface area contributed by atoms with Gasteiger partial charge < -0.3 is 14.5 Å². The molecule has 1 amide bonds. The average molecular weight is 360 g/mol. The Morgan fingerprint density at radius 1 is 1.16 bits per heavy atom. The molecule has 4 nitrogen and oxygen atoms in total. The smallest absolute Gasteiger partial charge is 0.263 e. The van der Waals surface area contributed by atoms with Crippen LogP contribution in [-0.2, 0) is 11.3 Å². The van der Waals surface area contributed by atoms with Gasteiger partial charge in [0, 0.05) is 10.6 Å². The number of carbonyl (C=O) groups is 1. The van der Waals surface area contributed by atoms with Crippen LogP contribution in [-0.4, -0.2) is 43.1 Å². The SMILES string of the molecule is CC(Oc1cccc(Cl)c1)C(=O)N1CC[NH+](Cc2ccccc2)CC1. The molecule has 132 valence electrons. The lowest BCUT2D eigenvalue weighted by molar-refractivity contribution is -0.917. The molecule has 25 heavy (non-hydrogen) atoms. The number of piperazine rings is 1. The molecule has 0 aromatic heterocycles. The van der Waals surface area contributed by atoms with Gasteiger partial charge in [0.1, 0.15) is 12.3 Å². The summed E-state index contributed by atoms with van der Waals surface area (Å²) in [5, 5.41) is 0.607. The number of nitrogens with one attached hydrogen (secondary N) is 1. The van der Waals surface area contributed by atoms with E-state index in [1.54, 1.807) is 19.1 Å². The van der Waals surface area contributed by atoms with Gasteiger partial charge in [0.25, 0.3) is 5.91 Å². The monoisotopic (exact) mass is 359 g/mol. The minimum atomic E-state index is -0.505. The van der Waals surface area contributed by atoms with Gasteiger partial charge in [-0.05, 0) is 25.1 Å². The number of hydrogen-bond acceptors (Lipinski definition) is 2. The molecule has 3 rings (SSSR count). The summed E-state index contributed by atoms with van der Waals surface area (Å²) in [5.74, 6) is 0.667. The van der Waals surface area contributed by atoms with E-state index in [9.17, 15) is 4.79 Å². The molecule has 1 aliphatic heterocycles. The fourth-order valence-electron chi connectivity index (χ4n) is 3.16. The van der Waals surface area contributed by atoms with Crippen LogP contribution in [0.4, 0.5) is 0 Å². The Morgan fingerprint density at radius 2 is 1.88 bits per heavy atom. The topological polar surface area (TPSA) is 34.0 Å². The average Bonchev–Trinajstić information content (AvgIpc) is 2.62. The van der Waals surface area contributed by atoms with Crippen LogP contribution in [0.1, 0.15) is 12.5 Å². The maximum absolute atomic E-state index is 12.6. The van der Waals surface area contributed by atoms with Crippen molar-refractivity contribution in [3.05, 3.63) is 65.2 Å². The van der Waals surface area contributed by atoms with E-state index in [1.807, 2.05) is 23.1 Å². The van der Waals surface area contributed by atoms with Gasteiger partial charge in [-0.2, -0.15) is 0 Å². The summed E-state index contributed by atoms with van der Waals surface area (Å²) in [6.45, 7) is 6.27. The Bertz CT molecular complexity index is 700. The van der Waals surface area contributed by atoms with E-state index in [2.05, 4.69) is 24.3 Å². The van der Waals surface area contributed by atoms with Crippen molar-refractivity contribution in [3.63, 3.8) is 0 Å². The van der Waals surface area contributed by atoms with Crippen LogP contribution in [0.2, 0.25) is 5.02 Å². The highest BCUT2D eigenvalue weighted by Crippen LogP contribution is 2.18. The number of rotatable bonds is 5. The minimum absolute atomic E-state index is 0.0405. The highest BCUT2D eigenvalue weighted by molar-refractivity contribution is 6.30. The van der Waals surface area contributed by atoms with Gasteiger partial charge in [-0.15, -0.1) is 0 Å². The largest absolute Gasteiger partial charge is 0.481 e. The lowest BCUT2D eigenvalue weighted by atomic mass is 10.2. The van der Waals surface area contributed by atoms with Crippen molar-refractivity contribution >= 4 is 17.5 Å². The zero-order chi connectivity index (χ0) is 17.6. The van der Waals surface area contributed by atoms with Crippen LogP contribution in [0.15, 0.2) is 54.6 Å². The molecule has 1 N–H and O–H groups in total. The number of benzene rings is 2. The molecule has 1 saturated heterocycles. The second-order valence-corrected chi connectivity index (χ2v) is 6.89. The van der Waals surface area contributed by atoms with Gasteiger partial charge >= 0.3 is 0 Å². The Kier molecular flexibility index (Phi) is 5.95. The van der Waals surface area contributed by atoms with Gasteiger partial charge in [-0.1, -0.05) is 48.0 Å². The molecule has 2 aromatic rings. The first kappa shape index (κ1) is 17.8. The molecule has 1 unspecified atom stereocenters. The third-order valence-electron chi connectivity index (χ3n) is 4.54. The molecule has 5 heteroatoms. The van der Waals surface area contributed by atoms with Crippen molar-refractivity contribution in [1.82, 2.24) is 4.90 Å². The van der Waals surface area contributed by atoms with E-state index in [4.69, 9.17) is 16.3 Å². The second kappa shape index (κ2) is 8.37. The van der Waals surface area contributed by atoms with Gasteiger partial charge in [0.15, 0.2) is 6.10 Å². The van der Waals surface area contributed by atoms with Crippen molar-refractivity contribution in [2.24, 2.45) is 0 Å². The molecule has 1 fully saturated rings. The lowest BCUT2D eigenvalue weighted by Gasteiger charge is -2.33. The van der Waals surface area contributed by atoms with Crippen molar-refractivity contribution in [3.8, 4) is 5.75 Å². The van der Waals surface area contributed by atoms with Crippen LogP contribution in [0.5, 0.6) is 5.75 Å². The Morgan fingerprint density at radius 3 is 2.56 bits per heavy atom. The predicted molar refractivity (Wildman–Crippen MR) is 99.0 cm³/mol. The fourth-order valence-corrected chi connectivity index (χ4v) is 3.34. The zero-order valence-corrected chi connectivity index (χ0v) is 15.2. The van der Waals surface area contributed by atoms with E-state index in [1.165, 1.54) is 10.5 Å². The van der Waals surface area contributed by atoms with Crippen molar-refractivity contribution in [2.45, 2.75) is 19.6 Å². The molecular formula is C20H24ClN2O2+.